The fourth-order valence-corrected chi connectivity index (χ4v) is 2.44. The van der Waals surface area contributed by atoms with Crippen molar-refractivity contribution in [2.24, 2.45) is 5.41 Å². The van der Waals surface area contributed by atoms with Gasteiger partial charge >= 0.3 is 5.97 Å². The van der Waals surface area contributed by atoms with Crippen molar-refractivity contribution in [3.05, 3.63) is 24.3 Å². The van der Waals surface area contributed by atoms with Crippen molar-refractivity contribution in [1.29, 1.82) is 0 Å². The van der Waals surface area contributed by atoms with Crippen LogP contribution >= 0.6 is 0 Å². The van der Waals surface area contributed by atoms with Crippen molar-refractivity contribution in [2.45, 2.75) is 111 Å². The van der Waals surface area contributed by atoms with Crippen molar-refractivity contribution < 1.29 is 14.6 Å². The first kappa shape index (κ1) is 24.9. The van der Waals surface area contributed by atoms with Gasteiger partial charge in [0, 0.05) is 11.8 Å². The summed E-state index contributed by atoms with van der Waals surface area (Å²) in [5, 5.41) is 9.73. The third-order valence-electron chi connectivity index (χ3n) is 4.32. The van der Waals surface area contributed by atoms with Gasteiger partial charge in [-0.25, -0.2) is 0 Å². The van der Waals surface area contributed by atoms with Crippen LogP contribution in [0.2, 0.25) is 0 Å². The van der Waals surface area contributed by atoms with E-state index in [4.69, 9.17) is 4.74 Å². The lowest BCUT2D eigenvalue weighted by molar-refractivity contribution is -0.186. The third-order valence-corrected chi connectivity index (χ3v) is 4.32. The summed E-state index contributed by atoms with van der Waals surface area (Å²) in [4.78, 5) is 11.6. The predicted octanol–water partition coefficient (Wildman–Crippen LogP) is 6.71. The maximum atomic E-state index is 11.6. The molecule has 1 atom stereocenters. The summed E-state index contributed by atoms with van der Waals surface area (Å²) < 4.78 is 5.04. The van der Waals surface area contributed by atoms with Crippen molar-refractivity contribution in [3.8, 4) is 0 Å². The van der Waals surface area contributed by atoms with Crippen LogP contribution in [-0.2, 0) is 9.53 Å². The van der Waals surface area contributed by atoms with Gasteiger partial charge in [0.15, 0.2) is 0 Å². The average Bonchev–Trinajstić information content (AvgIpc) is 2.57. The number of aliphatic hydroxyl groups excluding tert-OH is 1. The number of hydrogen-bond donors (Lipinski definition) is 1. The van der Waals surface area contributed by atoms with E-state index < -0.39 is 11.7 Å². The summed E-state index contributed by atoms with van der Waals surface area (Å²) in [7, 11) is 0. The molecule has 0 aromatic carbocycles. The maximum absolute atomic E-state index is 11.6. The molecule has 152 valence electrons. The molecule has 0 aliphatic carbocycles. The van der Waals surface area contributed by atoms with E-state index in [1.165, 1.54) is 38.5 Å². The van der Waals surface area contributed by atoms with Crippen LogP contribution in [0.25, 0.3) is 0 Å². The largest absolute Gasteiger partial charge is 0.435 e. The first-order valence-corrected chi connectivity index (χ1v) is 10.6. The van der Waals surface area contributed by atoms with Gasteiger partial charge in [0.1, 0.15) is 0 Å². The van der Waals surface area contributed by atoms with E-state index in [-0.39, 0.29) is 5.97 Å². The summed E-state index contributed by atoms with van der Waals surface area (Å²) >= 11 is 0. The molecular formula is C23H42O3. The van der Waals surface area contributed by atoms with Crippen molar-refractivity contribution in [2.75, 3.05) is 0 Å². The van der Waals surface area contributed by atoms with E-state index in [0.29, 0.717) is 6.42 Å². The Labute approximate surface area is 161 Å². The molecule has 0 saturated heterocycles. The lowest BCUT2D eigenvalue weighted by Crippen LogP contribution is -2.31. The number of aliphatic hydroxyl groups is 1. The first-order valence-electron chi connectivity index (χ1n) is 10.6. The Bertz CT molecular complexity index is 391. The van der Waals surface area contributed by atoms with Crippen LogP contribution in [0.3, 0.4) is 0 Å². The minimum atomic E-state index is -1.02. The quantitative estimate of drug-likeness (QED) is 0.152. The maximum Gasteiger partial charge on any atom is 0.308 e. The van der Waals surface area contributed by atoms with Gasteiger partial charge in [-0.2, -0.15) is 0 Å². The Morgan fingerprint density at radius 1 is 0.885 bits per heavy atom. The molecule has 0 spiro atoms. The number of allylic oxidation sites excluding steroid dienone is 4. The summed E-state index contributed by atoms with van der Waals surface area (Å²) in [6.45, 7) is 7.79. The molecule has 26 heavy (non-hydrogen) atoms. The molecule has 1 N–H and O–H groups in total. The van der Waals surface area contributed by atoms with Gasteiger partial charge < -0.3 is 9.84 Å². The monoisotopic (exact) mass is 366 g/mol. The average molecular weight is 367 g/mol. The van der Waals surface area contributed by atoms with Crippen molar-refractivity contribution in [3.63, 3.8) is 0 Å². The van der Waals surface area contributed by atoms with Crippen molar-refractivity contribution >= 4 is 5.97 Å². The molecule has 0 aliphatic heterocycles. The SMILES string of the molecule is CCCCCC=CCC=CCCCCCCCC(=O)OC(O)C(C)(C)C. The number of carbonyl (C=O) groups excluding carboxylic acids is 1. The number of carbonyl (C=O) groups is 1. The van der Waals surface area contributed by atoms with Crippen LogP contribution in [0.15, 0.2) is 24.3 Å². The minimum Gasteiger partial charge on any atom is -0.435 e. The highest BCUT2D eigenvalue weighted by Gasteiger charge is 2.25. The van der Waals surface area contributed by atoms with Crippen LogP contribution in [0, 0.1) is 5.41 Å². The fraction of sp³-hybridized carbons (Fsp3) is 0.783. The van der Waals surface area contributed by atoms with Crippen LogP contribution in [0.5, 0.6) is 0 Å². The number of unbranched alkanes of at least 4 members (excludes halogenated alkanes) is 8. The molecule has 0 saturated carbocycles. The zero-order valence-electron chi connectivity index (χ0n) is 17.6. The van der Waals surface area contributed by atoms with E-state index in [1.54, 1.807) is 0 Å². The van der Waals surface area contributed by atoms with Gasteiger partial charge in [0.2, 0.25) is 6.29 Å². The zero-order chi connectivity index (χ0) is 19.7. The first-order chi connectivity index (χ1) is 12.4. The topological polar surface area (TPSA) is 46.5 Å². The highest BCUT2D eigenvalue weighted by Crippen LogP contribution is 2.20. The van der Waals surface area contributed by atoms with Gasteiger partial charge in [-0.1, -0.05) is 84.1 Å². The minimum absolute atomic E-state index is 0.293. The second-order valence-corrected chi connectivity index (χ2v) is 8.19. The normalized spacial score (nSPS) is 13.6. The van der Waals surface area contributed by atoms with Gasteiger partial charge in [0.25, 0.3) is 0 Å². The Kier molecular flexibility index (Phi) is 15.4. The van der Waals surface area contributed by atoms with Crippen LogP contribution in [-0.4, -0.2) is 17.4 Å². The molecule has 0 rings (SSSR count). The lowest BCUT2D eigenvalue weighted by atomic mass is 9.96. The van der Waals surface area contributed by atoms with Gasteiger partial charge in [0.05, 0.1) is 0 Å². The summed E-state index contributed by atoms with van der Waals surface area (Å²) in [5.74, 6) is -0.293. The molecule has 0 aromatic heterocycles. The zero-order valence-corrected chi connectivity index (χ0v) is 17.6. The van der Waals surface area contributed by atoms with E-state index in [0.717, 1.165) is 32.1 Å². The smallest absolute Gasteiger partial charge is 0.308 e. The van der Waals surface area contributed by atoms with E-state index in [9.17, 15) is 9.90 Å². The lowest BCUT2D eigenvalue weighted by Gasteiger charge is -2.25. The number of hydrogen-bond acceptors (Lipinski definition) is 3. The van der Waals surface area contributed by atoms with E-state index >= 15 is 0 Å². The highest BCUT2D eigenvalue weighted by atomic mass is 16.6. The molecule has 0 aromatic rings. The van der Waals surface area contributed by atoms with Crippen LogP contribution in [0.4, 0.5) is 0 Å². The summed E-state index contributed by atoms with van der Waals surface area (Å²) in [6, 6.07) is 0. The Hall–Kier alpha value is -1.09. The number of esters is 1. The van der Waals surface area contributed by atoms with E-state index in [2.05, 4.69) is 31.2 Å². The van der Waals surface area contributed by atoms with E-state index in [1.807, 2.05) is 20.8 Å². The second kappa shape index (κ2) is 16.1. The molecule has 0 amide bonds. The van der Waals surface area contributed by atoms with Crippen molar-refractivity contribution in [1.82, 2.24) is 0 Å². The summed E-state index contributed by atoms with van der Waals surface area (Å²) in [5.41, 5.74) is -0.423. The second-order valence-electron chi connectivity index (χ2n) is 8.19. The molecule has 0 aliphatic rings. The van der Waals surface area contributed by atoms with Crippen LogP contribution in [0.1, 0.15) is 105 Å². The molecule has 0 fully saturated rings. The molecule has 3 nitrogen and oxygen atoms in total. The van der Waals surface area contributed by atoms with Gasteiger partial charge in [-0.05, 0) is 38.5 Å². The highest BCUT2D eigenvalue weighted by molar-refractivity contribution is 5.69. The van der Waals surface area contributed by atoms with Gasteiger partial charge in [-0.15, -0.1) is 0 Å². The molecule has 1 unspecified atom stereocenters. The molecule has 0 bridgehead atoms. The summed E-state index contributed by atoms with van der Waals surface area (Å²) in [6.07, 6.45) is 21.3. The Balaban J connectivity index is 3.43. The standard InChI is InChI=1S/C23H42O3/c1-5-6-7-8-9-10-11-12-13-14-15-16-17-18-19-20-21(24)26-22(25)23(2,3)4/h9-10,12-13,22,25H,5-8,11,14-20H2,1-4H3. The number of rotatable bonds is 15. The Morgan fingerprint density at radius 2 is 1.42 bits per heavy atom. The molecule has 0 heterocycles. The fourth-order valence-electron chi connectivity index (χ4n) is 2.44. The molecular weight excluding hydrogens is 324 g/mol. The molecule has 3 heteroatoms. The van der Waals surface area contributed by atoms with Crippen LogP contribution < -0.4 is 0 Å². The molecule has 0 radical (unpaired) electrons. The Morgan fingerprint density at radius 3 is 2.00 bits per heavy atom. The predicted molar refractivity (Wildman–Crippen MR) is 111 cm³/mol. The number of ether oxygens (including phenoxy) is 1. The van der Waals surface area contributed by atoms with Gasteiger partial charge in [-0.3, -0.25) is 4.79 Å². The third kappa shape index (κ3) is 16.4.